The van der Waals surface area contributed by atoms with E-state index in [1.165, 1.54) is 18.6 Å². The first kappa shape index (κ1) is 21.4. The predicted octanol–water partition coefficient (Wildman–Crippen LogP) is 2.87. The minimum atomic E-state index is -0.258. The van der Waals surface area contributed by atoms with Crippen molar-refractivity contribution >= 4 is 28.4 Å². The molecule has 5 rings (SSSR count). The summed E-state index contributed by atoms with van der Waals surface area (Å²) in [5, 5.41) is 0.534. The van der Waals surface area contributed by atoms with Crippen molar-refractivity contribution in [1.29, 1.82) is 0 Å². The predicted molar refractivity (Wildman–Crippen MR) is 127 cm³/mol. The molecule has 0 radical (unpaired) electrons. The highest BCUT2D eigenvalue weighted by Gasteiger charge is 2.25. The second-order valence-corrected chi connectivity index (χ2v) is 8.71. The summed E-state index contributed by atoms with van der Waals surface area (Å²) in [7, 11) is 0. The molecule has 2 aliphatic heterocycles. The molecule has 0 N–H and O–H groups in total. The van der Waals surface area contributed by atoms with Crippen LogP contribution in [-0.2, 0) is 11.3 Å². The van der Waals surface area contributed by atoms with Crippen molar-refractivity contribution < 1.29 is 9.18 Å². The molecule has 33 heavy (non-hydrogen) atoms. The lowest BCUT2D eigenvalue weighted by atomic mass is 10.1. The van der Waals surface area contributed by atoms with Crippen molar-refractivity contribution in [3.05, 3.63) is 64.7 Å². The zero-order valence-electron chi connectivity index (χ0n) is 18.6. The molecule has 3 heterocycles. The average Bonchev–Trinajstić information content (AvgIpc) is 2.87. The Morgan fingerprint density at radius 2 is 1.55 bits per heavy atom. The fraction of sp³-hybridized carbons (Fsp3) is 0.400. The van der Waals surface area contributed by atoms with Crippen LogP contribution in [0.2, 0.25) is 0 Å². The third-order valence-corrected chi connectivity index (χ3v) is 6.60. The Bertz CT molecular complexity index is 1200. The third kappa shape index (κ3) is 4.42. The number of hydrogen-bond donors (Lipinski definition) is 0. The van der Waals surface area contributed by atoms with Crippen LogP contribution < -0.4 is 15.4 Å². The van der Waals surface area contributed by atoms with Gasteiger partial charge in [0.05, 0.1) is 10.9 Å². The standard InChI is InChI=1S/C25H28FN5O2/c26-19-8-10-20(11-9-19)28-14-16-29(17-15-28)23(32)18-31-24(33)21-6-2-3-7-22(21)27-25(31)30-12-4-1-5-13-30/h2-3,6-11H,1,4-5,12-18H2. The first-order valence-electron chi connectivity index (χ1n) is 11.6. The van der Waals surface area contributed by atoms with Crippen LogP contribution in [0.4, 0.5) is 16.0 Å². The van der Waals surface area contributed by atoms with E-state index in [1.54, 1.807) is 22.8 Å². The normalized spacial score (nSPS) is 16.9. The van der Waals surface area contributed by atoms with Crippen molar-refractivity contribution in [3.63, 3.8) is 0 Å². The molecular weight excluding hydrogens is 421 g/mol. The van der Waals surface area contributed by atoms with E-state index >= 15 is 0 Å². The van der Waals surface area contributed by atoms with E-state index in [2.05, 4.69) is 9.80 Å². The summed E-state index contributed by atoms with van der Waals surface area (Å²) in [6.07, 6.45) is 3.29. The summed E-state index contributed by atoms with van der Waals surface area (Å²) in [6.45, 7) is 4.13. The van der Waals surface area contributed by atoms with E-state index < -0.39 is 0 Å². The Kier molecular flexibility index (Phi) is 5.98. The van der Waals surface area contributed by atoms with Gasteiger partial charge in [-0.05, 0) is 55.7 Å². The molecule has 1 amide bonds. The van der Waals surface area contributed by atoms with Crippen LogP contribution in [0, 0.1) is 5.82 Å². The fourth-order valence-corrected chi connectivity index (χ4v) is 4.74. The zero-order chi connectivity index (χ0) is 22.8. The summed E-state index contributed by atoms with van der Waals surface area (Å²) >= 11 is 0. The number of halogens is 1. The lowest BCUT2D eigenvalue weighted by molar-refractivity contribution is -0.132. The fourth-order valence-electron chi connectivity index (χ4n) is 4.74. The molecule has 2 fully saturated rings. The molecule has 0 bridgehead atoms. The number of nitrogens with zero attached hydrogens (tertiary/aromatic N) is 5. The molecule has 0 aliphatic carbocycles. The van der Waals surface area contributed by atoms with Gasteiger partial charge in [-0.2, -0.15) is 0 Å². The summed E-state index contributed by atoms with van der Waals surface area (Å²) in [6, 6.07) is 13.8. The molecule has 2 saturated heterocycles. The van der Waals surface area contributed by atoms with Crippen LogP contribution in [0.5, 0.6) is 0 Å². The highest BCUT2D eigenvalue weighted by Crippen LogP contribution is 2.21. The smallest absolute Gasteiger partial charge is 0.263 e. The van der Waals surface area contributed by atoms with Crippen LogP contribution >= 0.6 is 0 Å². The summed E-state index contributed by atoms with van der Waals surface area (Å²) in [5.41, 5.74) is 1.45. The SMILES string of the molecule is O=C(Cn1c(N2CCCCC2)nc2ccccc2c1=O)N1CCN(c2ccc(F)cc2)CC1. The molecule has 7 nitrogen and oxygen atoms in total. The van der Waals surface area contributed by atoms with E-state index in [9.17, 15) is 14.0 Å². The van der Waals surface area contributed by atoms with E-state index in [1.807, 2.05) is 23.1 Å². The number of hydrogen-bond acceptors (Lipinski definition) is 5. The summed E-state index contributed by atoms with van der Waals surface area (Å²) in [4.78, 5) is 37.5. The first-order valence-corrected chi connectivity index (χ1v) is 11.6. The van der Waals surface area contributed by atoms with Gasteiger partial charge in [-0.25, -0.2) is 9.37 Å². The highest BCUT2D eigenvalue weighted by molar-refractivity contribution is 5.81. The summed E-state index contributed by atoms with van der Waals surface area (Å²) < 4.78 is 14.8. The maximum Gasteiger partial charge on any atom is 0.263 e. The molecule has 0 spiro atoms. The second-order valence-electron chi connectivity index (χ2n) is 8.71. The number of para-hydroxylation sites is 1. The molecule has 8 heteroatoms. The number of piperazine rings is 1. The Morgan fingerprint density at radius 1 is 0.848 bits per heavy atom. The number of carbonyl (C=O) groups is 1. The monoisotopic (exact) mass is 449 g/mol. The maximum absolute atomic E-state index is 13.4. The maximum atomic E-state index is 13.4. The van der Waals surface area contributed by atoms with E-state index in [-0.39, 0.29) is 23.8 Å². The molecule has 2 aliphatic rings. The topological polar surface area (TPSA) is 61.7 Å². The largest absolute Gasteiger partial charge is 0.368 e. The van der Waals surface area contributed by atoms with Crippen molar-refractivity contribution in [2.45, 2.75) is 25.8 Å². The molecule has 1 aromatic heterocycles. The van der Waals surface area contributed by atoms with Crippen LogP contribution in [0.25, 0.3) is 10.9 Å². The molecule has 0 saturated carbocycles. The number of amides is 1. The van der Waals surface area contributed by atoms with Gasteiger partial charge in [-0.1, -0.05) is 12.1 Å². The number of carbonyl (C=O) groups excluding carboxylic acids is 1. The van der Waals surface area contributed by atoms with Gasteiger partial charge in [0.1, 0.15) is 12.4 Å². The minimum absolute atomic E-state index is 0.0148. The van der Waals surface area contributed by atoms with Gasteiger partial charge < -0.3 is 14.7 Å². The molecule has 172 valence electrons. The Hall–Kier alpha value is -3.42. The van der Waals surface area contributed by atoms with Gasteiger partial charge in [-0.3, -0.25) is 14.2 Å². The van der Waals surface area contributed by atoms with Crippen LogP contribution in [0.1, 0.15) is 19.3 Å². The first-order chi connectivity index (χ1) is 16.1. The molecule has 3 aromatic rings. The molecule has 2 aromatic carbocycles. The van der Waals surface area contributed by atoms with E-state index in [4.69, 9.17) is 4.98 Å². The Morgan fingerprint density at radius 3 is 2.27 bits per heavy atom. The van der Waals surface area contributed by atoms with Crippen molar-refractivity contribution in [2.24, 2.45) is 0 Å². The highest BCUT2D eigenvalue weighted by atomic mass is 19.1. The second kappa shape index (κ2) is 9.21. The van der Waals surface area contributed by atoms with Crippen LogP contribution in [0.15, 0.2) is 53.3 Å². The number of fused-ring (bicyclic) bond motifs is 1. The third-order valence-electron chi connectivity index (χ3n) is 6.60. The molecule has 0 atom stereocenters. The molecular formula is C25H28FN5O2. The zero-order valence-corrected chi connectivity index (χ0v) is 18.6. The van der Waals surface area contributed by atoms with Crippen molar-refractivity contribution in [1.82, 2.24) is 14.5 Å². The molecule has 0 unspecified atom stereocenters. The lowest BCUT2D eigenvalue weighted by Crippen LogP contribution is -2.50. The number of anilines is 2. The van der Waals surface area contributed by atoms with Gasteiger partial charge in [0.25, 0.3) is 5.56 Å². The lowest BCUT2D eigenvalue weighted by Gasteiger charge is -2.36. The Labute approximate surface area is 192 Å². The van der Waals surface area contributed by atoms with Gasteiger partial charge in [0, 0.05) is 45.0 Å². The minimum Gasteiger partial charge on any atom is -0.368 e. The average molecular weight is 450 g/mol. The quantitative estimate of drug-likeness (QED) is 0.613. The summed E-state index contributed by atoms with van der Waals surface area (Å²) in [5.74, 6) is 0.259. The van der Waals surface area contributed by atoms with Gasteiger partial charge in [-0.15, -0.1) is 0 Å². The Balaban J connectivity index is 1.36. The van der Waals surface area contributed by atoms with E-state index in [0.717, 1.165) is 31.6 Å². The number of benzene rings is 2. The number of piperidine rings is 1. The van der Waals surface area contributed by atoms with Crippen molar-refractivity contribution in [3.8, 4) is 0 Å². The number of aromatic nitrogens is 2. The van der Waals surface area contributed by atoms with Gasteiger partial charge >= 0.3 is 0 Å². The van der Waals surface area contributed by atoms with Crippen LogP contribution in [-0.4, -0.2) is 59.6 Å². The van der Waals surface area contributed by atoms with Gasteiger partial charge in [0.15, 0.2) is 0 Å². The van der Waals surface area contributed by atoms with E-state index in [0.29, 0.717) is 43.0 Å². The van der Waals surface area contributed by atoms with Gasteiger partial charge in [0.2, 0.25) is 11.9 Å². The van der Waals surface area contributed by atoms with Crippen LogP contribution in [0.3, 0.4) is 0 Å². The number of rotatable bonds is 4. The van der Waals surface area contributed by atoms with Crippen molar-refractivity contribution in [2.75, 3.05) is 49.1 Å².